The van der Waals surface area contributed by atoms with Gasteiger partial charge >= 0.3 is 5.91 Å². The van der Waals surface area contributed by atoms with Crippen LogP contribution in [0.5, 0.6) is 0 Å². The molecule has 0 aromatic heterocycles. The number of ketones is 2. The summed E-state index contributed by atoms with van der Waals surface area (Å²) in [5.41, 5.74) is 0.723. The quantitative estimate of drug-likeness (QED) is 0.558. The first-order valence-electron chi connectivity index (χ1n) is 4.29. The second-order valence-electron chi connectivity index (χ2n) is 3.03. The fourth-order valence-electron chi connectivity index (χ4n) is 1.29. The molecule has 1 atom stereocenters. The van der Waals surface area contributed by atoms with Crippen LogP contribution in [0.25, 0.3) is 0 Å². The summed E-state index contributed by atoms with van der Waals surface area (Å²) < 4.78 is 2.32. The molecule has 1 N–H and O–H groups in total. The van der Waals surface area contributed by atoms with Gasteiger partial charge in [0.05, 0.1) is 0 Å². The molecule has 1 fully saturated rings. The number of nitrogens with one attached hydrogen (secondary N) is 1. The van der Waals surface area contributed by atoms with E-state index in [1.807, 2.05) is 6.07 Å². The zero-order chi connectivity index (χ0) is 10.8. The minimum atomic E-state index is -0.970. The molecule has 0 aliphatic carbocycles. The standard InChI is InChI=1S/C10H7NO3S/c12-7-8(13)10(14)11-15-9(7)6-4-2-1-3-5-6/h1-5,9H,(H,11,14). The van der Waals surface area contributed by atoms with Crippen molar-refractivity contribution in [1.82, 2.24) is 4.72 Å². The van der Waals surface area contributed by atoms with Gasteiger partial charge in [-0.05, 0) is 17.5 Å². The zero-order valence-electron chi connectivity index (χ0n) is 7.60. The van der Waals surface area contributed by atoms with E-state index in [2.05, 4.69) is 4.72 Å². The third-order valence-electron chi connectivity index (χ3n) is 2.04. The number of hydrogen-bond donors (Lipinski definition) is 1. The minimum Gasteiger partial charge on any atom is -0.292 e. The van der Waals surface area contributed by atoms with Gasteiger partial charge in [0.1, 0.15) is 5.25 Å². The predicted octanol–water partition coefficient (Wildman–Crippen LogP) is 0.644. The van der Waals surface area contributed by atoms with Gasteiger partial charge in [-0.2, -0.15) is 0 Å². The van der Waals surface area contributed by atoms with Crippen molar-refractivity contribution in [1.29, 1.82) is 0 Å². The van der Waals surface area contributed by atoms with Crippen LogP contribution in [0.4, 0.5) is 0 Å². The Morgan fingerprint density at radius 3 is 2.40 bits per heavy atom. The second-order valence-corrected chi connectivity index (χ2v) is 3.94. The highest BCUT2D eigenvalue weighted by molar-refractivity contribution is 7.99. The summed E-state index contributed by atoms with van der Waals surface area (Å²) in [4.78, 5) is 33.5. The molecule has 1 saturated heterocycles. The highest BCUT2D eigenvalue weighted by atomic mass is 32.2. The molecule has 2 rings (SSSR count). The fourth-order valence-corrected chi connectivity index (χ4v) is 2.12. The Hall–Kier alpha value is -1.62. The first kappa shape index (κ1) is 9.92. The topological polar surface area (TPSA) is 63.2 Å². The van der Waals surface area contributed by atoms with Crippen molar-refractivity contribution in [3.05, 3.63) is 35.9 Å². The zero-order valence-corrected chi connectivity index (χ0v) is 8.41. The molecular formula is C10H7NO3S. The van der Waals surface area contributed by atoms with Crippen molar-refractivity contribution >= 4 is 29.4 Å². The van der Waals surface area contributed by atoms with Gasteiger partial charge < -0.3 is 0 Å². The molecule has 1 aromatic carbocycles. The lowest BCUT2D eigenvalue weighted by Gasteiger charge is -2.18. The summed E-state index contributed by atoms with van der Waals surface area (Å²) in [5, 5.41) is -0.614. The van der Waals surface area contributed by atoms with Gasteiger partial charge in [0.2, 0.25) is 5.78 Å². The molecule has 15 heavy (non-hydrogen) atoms. The van der Waals surface area contributed by atoms with Gasteiger partial charge in [-0.25, -0.2) is 0 Å². The Balaban J connectivity index is 2.29. The van der Waals surface area contributed by atoms with E-state index >= 15 is 0 Å². The van der Waals surface area contributed by atoms with Crippen LogP contribution in [0, 0.1) is 0 Å². The lowest BCUT2D eigenvalue weighted by atomic mass is 10.1. The Kier molecular flexibility index (Phi) is 2.55. The summed E-state index contributed by atoms with van der Waals surface area (Å²) in [6, 6.07) is 8.89. The van der Waals surface area contributed by atoms with Crippen LogP contribution >= 0.6 is 11.9 Å². The van der Waals surface area contributed by atoms with Crippen molar-refractivity contribution in [2.24, 2.45) is 0 Å². The molecule has 76 valence electrons. The Morgan fingerprint density at radius 1 is 1.07 bits per heavy atom. The molecule has 1 aliphatic heterocycles. The lowest BCUT2D eigenvalue weighted by molar-refractivity contribution is -0.144. The SMILES string of the molecule is O=C1NSC(c2ccccc2)C(=O)C1=O. The lowest BCUT2D eigenvalue weighted by Crippen LogP contribution is -2.40. The van der Waals surface area contributed by atoms with E-state index in [4.69, 9.17) is 0 Å². The maximum atomic E-state index is 11.5. The first-order valence-corrected chi connectivity index (χ1v) is 5.17. The summed E-state index contributed by atoms with van der Waals surface area (Å²) in [5.74, 6) is -2.46. The third kappa shape index (κ3) is 1.78. The molecule has 0 bridgehead atoms. The molecule has 0 radical (unpaired) electrons. The van der Waals surface area contributed by atoms with E-state index < -0.39 is 22.7 Å². The molecule has 1 heterocycles. The molecule has 0 spiro atoms. The fraction of sp³-hybridized carbons (Fsp3) is 0.100. The van der Waals surface area contributed by atoms with Crippen LogP contribution in [0.3, 0.4) is 0 Å². The first-order chi connectivity index (χ1) is 7.20. The highest BCUT2D eigenvalue weighted by Crippen LogP contribution is 2.30. The van der Waals surface area contributed by atoms with Crippen molar-refractivity contribution in [3.8, 4) is 0 Å². The smallest absolute Gasteiger partial charge is 0.292 e. The van der Waals surface area contributed by atoms with Crippen molar-refractivity contribution in [3.63, 3.8) is 0 Å². The second kappa shape index (κ2) is 3.86. The van der Waals surface area contributed by atoms with E-state index in [1.54, 1.807) is 24.3 Å². The van der Waals surface area contributed by atoms with Crippen LogP contribution in [0.2, 0.25) is 0 Å². The van der Waals surface area contributed by atoms with Gasteiger partial charge in [0.15, 0.2) is 0 Å². The summed E-state index contributed by atoms with van der Waals surface area (Å²) in [6.45, 7) is 0. The van der Waals surface area contributed by atoms with E-state index in [0.29, 0.717) is 0 Å². The van der Waals surface area contributed by atoms with Crippen molar-refractivity contribution < 1.29 is 14.4 Å². The van der Waals surface area contributed by atoms with E-state index in [0.717, 1.165) is 17.5 Å². The number of Topliss-reactive ketones (excluding diaryl/α,β-unsaturated/α-hetero) is 2. The van der Waals surface area contributed by atoms with Crippen LogP contribution < -0.4 is 4.72 Å². The third-order valence-corrected chi connectivity index (χ3v) is 3.07. The molecule has 1 aliphatic rings. The van der Waals surface area contributed by atoms with Gasteiger partial charge in [-0.1, -0.05) is 30.3 Å². The summed E-state index contributed by atoms with van der Waals surface area (Å²) in [6.07, 6.45) is 0. The number of benzene rings is 1. The van der Waals surface area contributed by atoms with Crippen molar-refractivity contribution in [2.75, 3.05) is 0 Å². The molecular weight excluding hydrogens is 214 g/mol. The Morgan fingerprint density at radius 2 is 1.73 bits per heavy atom. The number of rotatable bonds is 1. The number of amides is 1. The van der Waals surface area contributed by atoms with Gasteiger partial charge in [0, 0.05) is 0 Å². The average molecular weight is 221 g/mol. The van der Waals surface area contributed by atoms with Gasteiger partial charge in [-0.15, -0.1) is 0 Å². The van der Waals surface area contributed by atoms with Crippen LogP contribution in [-0.4, -0.2) is 17.5 Å². The van der Waals surface area contributed by atoms with Gasteiger partial charge in [0.25, 0.3) is 5.78 Å². The minimum absolute atomic E-state index is 0.614. The average Bonchev–Trinajstić information content (AvgIpc) is 2.27. The van der Waals surface area contributed by atoms with E-state index in [1.165, 1.54) is 0 Å². The molecule has 1 amide bonds. The van der Waals surface area contributed by atoms with Crippen molar-refractivity contribution in [2.45, 2.75) is 5.25 Å². The molecule has 4 nitrogen and oxygen atoms in total. The normalized spacial score (nSPS) is 21.3. The number of hydrogen-bond acceptors (Lipinski definition) is 4. The molecule has 0 saturated carbocycles. The molecule has 1 aromatic rings. The molecule has 5 heteroatoms. The monoisotopic (exact) mass is 221 g/mol. The van der Waals surface area contributed by atoms with Gasteiger partial charge in [-0.3, -0.25) is 19.1 Å². The maximum Gasteiger partial charge on any atom is 0.305 e. The predicted molar refractivity (Wildman–Crippen MR) is 54.9 cm³/mol. The van der Waals surface area contributed by atoms with Crippen LogP contribution in [-0.2, 0) is 14.4 Å². The number of carbonyl (C=O) groups is 3. The van der Waals surface area contributed by atoms with Crippen LogP contribution in [0.1, 0.15) is 10.8 Å². The highest BCUT2D eigenvalue weighted by Gasteiger charge is 2.37. The maximum absolute atomic E-state index is 11.5. The number of carbonyl (C=O) groups excluding carboxylic acids is 3. The summed E-state index contributed by atoms with van der Waals surface area (Å²) in [7, 11) is 0. The largest absolute Gasteiger partial charge is 0.305 e. The summed E-state index contributed by atoms with van der Waals surface area (Å²) >= 11 is 0.966. The van der Waals surface area contributed by atoms with E-state index in [9.17, 15) is 14.4 Å². The Labute approximate surface area is 90.2 Å². The molecule has 1 unspecified atom stereocenters. The van der Waals surface area contributed by atoms with Crippen LogP contribution in [0.15, 0.2) is 30.3 Å². The van der Waals surface area contributed by atoms with E-state index in [-0.39, 0.29) is 0 Å². The Bertz CT molecular complexity index is 430.